The summed E-state index contributed by atoms with van der Waals surface area (Å²) in [6.45, 7) is 8.98. The van der Waals surface area contributed by atoms with Crippen LogP contribution >= 0.6 is 0 Å². The van der Waals surface area contributed by atoms with Crippen molar-refractivity contribution in [1.29, 1.82) is 0 Å². The highest BCUT2D eigenvalue weighted by atomic mass is 15.3. The first-order chi connectivity index (χ1) is 9.24. The zero-order valence-corrected chi connectivity index (χ0v) is 13.0. The fourth-order valence-electron chi connectivity index (χ4n) is 4.68. The number of fused-ring (bicyclic) bond motifs is 1. The second-order valence-corrected chi connectivity index (χ2v) is 7.46. The zero-order valence-electron chi connectivity index (χ0n) is 13.0. The third kappa shape index (κ3) is 3.16. The summed E-state index contributed by atoms with van der Waals surface area (Å²) < 4.78 is 0. The maximum atomic E-state index is 2.89. The summed E-state index contributed by atoms with van der Waals surface area (Å²) in [5, 5.41) is 0. The van der Waals surface area contributed by atoms with E-state index in [0.29, 0.717) is 0 Å². The van der Waals surface area contributed by atoms with Gasteiger partial charge in [0.2, 0.25) is 0 Å². The molecular weight excluding hydrogens is 232 g/mol. The molecule has 110 valence electrons. The zero-order chi connectivity index (χ0) is 13.2. The average molecular weight is 264 g/mol. The highest BCUT2D eigenvalue weighted by molar-refractivity contribution is 4.92. The van der Waals surface area contributed by atoms with Crippen molar-refractivity contribution in [2.24, 2.45) is 5.92 Å². The first kappa shape index (κ1) is 13.9. The highest BCUT2D eigenvalue weighted by Gasteiger charge is 2.36. The van der Waals surface area contributed by atoms with Crippen LogP contribution in [0.4, 0.5) is 0 Å². The van der Waals surface area contributed by atoms with Gasteiger partial charge in [0, 0.05) is 31.2 Å². The number of piperidine rings is 1. The minimum atomic E-state index is 0.785. The standard InChI is InChI=1S/C17H32N2/c1-14-6-5-8-16(10-9-14)19-13-17-7-3-4-11-18(17)12-15(19)2/h14-17H,3-13H2,1-2H3. The number of hydrogen-bond acceptors (Lipinski definition) is 2. The molecular formula is C17H32N2. The molecule has 0 spiro atoms. The van der Waals surface area contributed by atoms with Crippen molar-refractivity contribution in [3.05, 3.63) is 0 Å². The smallest absolute Gasteiger partial charge is 0.0224 e. The average Bonchev–Trinajstić information content (AvgIpc) is 2.63. The van der Waals surface area contributed by atoms with Crippen molar-refractivity contribution in [1.82, 2.24) is 9.80 Å². The van der Waals surface area contributed by atoms with E-state index in [0.717, 1.165) is 24.0 Å². The van der Waals surface area contributed by atoms with Crippen LogP contribution in [0, 0.1) is 5.92 Å². The van der Waals surface area contributed by atoms with Gasteiger partial charge in [-0.25, -0.2) is 0 Å². The summed E-state index contributed by atoms with van der Waals surface area (Å²) in [4.78, 5) is 5.68. The first-order valence-corrected chi connectivity index (χ1v) is 8.74. The summed E-state index contributed by atoms with van der Waals surface area (Å²) in [7, 11) is 0. The Morgan fingerprint density at radius 2 is 1.58 bits per heavy atom. The van der Waals surface area contributed by atoms with Crippen LogP contribution in [0.25, 0.3) is 0 Å². The van der Waals surface area contributed by atoms with Crippen molar-refractivity contribution >= 4 is 0 Å². The van der Waals surface area contributed by atoms with E-state index in [1.807, 2.05) is 0 Å². The summed E-state index contributed by atoms with van der Waals surface area (Å²) >= 11 is 0. The van der Waals surface area contributed by atoms with Crippen LogP contribution in [0.15, 0.2) is 0 Å². The SMILES string of the molecule is CC1CCCC(N2CC3CCCCN3CC2C)CC1. The summed E-state index contributed by atoms with van der Waals surface area (Å²) in [5.74, 6) is 0.969. The molecule has 2 nitrogen and oxygen atoms in total. The normalized spacial score (nSPS) is 42.6. The molecule has 2 heterocycles. The molecule has 3 fully saturated rings. The maximum absolute atomic E-state index is 2.89. The Morgan fingerprint density at radius 3 is 2.47 bits per heavy atom. The molecule has 2 heteroatoms. The van der Waals surface area contributed by atoms with E-state index >= 15 is 0 Å². The highest BCUT2D eigenvalue weighted by Crippen LogP contribution is 2.31. The number of piperazine rings is 1. The molecule has 3 aliphatic rings. The van der Waals surface area contributed by atoms with Gasteiger partial charge in [-0.05, 0) is 51.5 Å². The number of hydrogen-bond donors (Lipinski definition) is 0. The van der Waals surface area contributed by atoms with Crippen molar-refractivity contribution in [3.8, 4) is 0 Å². The van der Waals surface area contributed by atoms with Crippen LogP contribution in [-0.4, -0.2) is 47.6 Å². The third-order valence-corrected chi connectivity index (χ3v) is 5.93. The lowest BCUT2D eigenvalue weighted by Gasteiger charge is -2.50. The number of nitrogens with zero attached hydrogens (tertiary/aromatic N) is 2. The molecule has 4 unspecified atom stereocenters. The second-order valence-electron chi connectivity index (χ2n) is 7.46. The fourth-order valence-corrected chi connectivity index (χ4v) is 4.68. The monoisotopic (exact) mass is 264 g/mol. The lowest BCUT2D eigenvalue weighted by Crippen LogP contribution is -2.61. The van der Waals surface area contributed by atoms with Gasteiger partial charge < -0.3 is 0 Å². The lowest BCUT2D eigenvalue weighted by molar-refractivity contribution is -0.0112. The van der Waals surface area contributed by atoms with Gasteiger partial charge in [0.05, 0.1) is 0 Å². The second kappa shape index (κ2) is 6.13. The fraction of sp³-hybridized carbons (Fsp3) is 1.00. The largest absolute Gasteiger partial charge is 0.298 e. The van der Waals surface area contributed by atoms with Gasteiger partial charge in [0.25, 0.3) is 0 Å². The van der Waals surface area contributed by atoms with E-state index in [9.17, 15) is 0 Å². The summed E-state index contributed by atoms with van der Waals surface area (Å²) in [6.07, 6.45) is 11.7. The molecule has 0 amide bonds. The van der Waals surface area contributed by atoms with Gasteiger partial charge in [0.1, 0.15) is 0 Å². The van der Waals surface area contributed by atoms with Crippen molar-refractivity contribution in [2.45, 2.75) is 83.3 Å². The van der Waals surface area contributed by atoms with E-state index < -0.39 is 0 Å². The first-order valence-electron chi connectivity index (χ1n) is 8.74. The van der Waals surface area contributed by atoms with Crippen molar-refractivity contribution < 1.29 is 0 Å². The molecule has 1 aliphatic carbocycles. The Labute approximate surface area is 119 Å². The van der Waals surface area contributed by atoms with E-state index in [1.54, 1.807) is 0 Å². The minimum Gasteiger partial charge on any atom is -0.298 e. The Hall–Kier alpha value is -0.0800. The molecule has 19 heavy (non-hydrogen) atoms. The van der Waals surface area contributed by atoms with Crippen LogP contribution in [-0.2, 0) is 0 Å². The van der Waals surface area contributed by atoms with Gasteiger partial charge >= 0.3 is 0 Å². The molecule has 0 aromatic carbocycles. The Kier molecular flexibility index (Phi) is 4.48. The van der Waals surface area contributed by atoms with E-state index in [-0.39, 0.29) is 0 Å². The quantitative estimate of drug-likeness (QED) is 0.669. The molecule has 0 N–H and O–H groups in total. The molecule has 2 aliphatic heterocycles. The van der Waals surface area contributed by atoms with E-state index in [1.165, 1.54) is 71.0 Å². The Morgan fingerprint density at radius 1 is 0.737 bits per heavy atom. The van der Waals surface area contributed by atoms with Gasteiger partial charge in [-0.1, -0.05) is 26.2 Å². The van der Waals surface area contributed by atoms with Crippen LogP contribution in [0.5, 0.6) is 0 Å². The van der Waals surface area contributed by atoms with Crippen LogP contribution in [0.2, 0.25) is 0 Å². The van der Waals surface area contributed by atoms with E-state index in [2.05, 4.69) is 23.6 Å². The van der Waals surface area contributed by atoms with Gasteiger partial charge in [-0.3, -0.25) is 9.80 Å². The molecule has 2 saturated heterocycles. The van der Waals surface area contributed by atoms with Crippen LogP contribution < -0.4 is 0 Å². The summed E-state index contributed by atoms with van der Waals surface area (Å²) in [5.41, 5.74) is 0. The molecule has 3 rings (SSSR count). The Balaban J connectivity index is 1.63. The molecule has 1 saturated carbocycles. The molecule has 0 aromatic rings. The molecule has 0 bridgehead atoms. The molecule has 0 radical (unpaired) electrons. The van der Waals surface area contributed by atoms with Crippen LogP contribution in [0.1, 0.15) is 65.2 Å². The van der Waals surface area contributed by atoms with Crippen LogP contribution in [0.3, 0.4) is 0 Å². The predicted octanol–water partition coefficient (Wildman–Crippen LogP) is 3.51. The maximum Gasteiger partial charge on any atom is 0.0224 e. The van der Waals surface area contributed by atoms with Crippen molar-refractivity contribution in [2.75, 3.05) is 19.6 Å². The summed E-state index contributed by atoms with van der Waals surface area (Å²) in [6, 6.07) is 2.56. The third-order valence-electron chi connectivity index (χ3n) is 5.93. The van der Waals surface area contributed by atoms with Crippen molar-refractivity contribution in [3.63, 3.8) is 0 Å². The van der Waals surface area contributed by atoms with E-state index in [4.69, 9.17) is 0 Å². The van der Waals surface area contributed by atoms with Gasteiger partial charge in [-0.2, -0.15) is 0 Å². The topological polar surface area (TPSA) is 6.48 Å². The number of rotatable bonds is 1. The van der Waals surface area contributed by atoms with Gasteiger partial charge in [-0.15, -0.1) is 0 Å². The Bertz CT molecular complexity index is 291. The lowest BCUT2D eigenvalue weighted by atomic mass is 9.94. The minimum absolute atomic E-state index is 0.785. The molecule has 4 atom stereocenters. The van der Waals surface area contributed by atoms with Gasteiger partial charge in [0.15, 0.2) is 0 Å². The predicted molar refractivity (Wildman–Crippen MR) is 81.4 cm³/mol. The molecule has 0 aromatic heterocycles.